The molecule has 0 bridgehead atoms. The minimum atomic E-state index is -0.884. The molecule has 8 heteroatoms. The van der Waals surface area contributed by atoms with Crippen molar-refractivity contribution in [3.8, 4) is 11.4 Å². The van der Waals surface area contributed by atoms with E-state index in [9.17, 15) is 9.90 Å². The summed E-state index contributed by atoms with van der Waals surface area (Å²) in [5, 5.41) is 15.7. The highest BCUT2D eigenvalue weighted by Crippen LogP contribution is 2.16. The maximum Gasteiger partial charge on any atom is 0.264 e. The smallest absolute Gasteiger partial charge is 0.264 e. The van der Waals surface area contributed by atoms with Crippen molar-refractivity contribution in [2.24, 2.45) is 0 Å². The van der Waals surface area contributed by atoms with Crippen LogP contribution >= 0.6 is 11.6 Å². The van der Waals surface area contributed by atoms with Crippen LogP contribution in [0.2, 0.25) is 5.02 Å². The molecule has 0 unspecified atom stereocenters. The van der Waals surface area contributed by atoms with E-state index in [1.54, 1.807) is 35.9 Å². The lowest BCUT2D eigenvalue weighted by Crippen LogP contribution is -2.32. The van der Waals surface area contributed by atoms with E-state index >= 15 is 0 Å². The van der Waals surface area contributed by atoms with Crippen molar-refractivity contribution in [3.05, 3.63) is 82.0 Å². The molecule has 7 nitrogen and oxygen atoms in total. The Bertz CT molecular complexity index is 1190. The highest BCUT2D eigenvalue weighted by molar-refractivity contribution is 6.30. The molecule has 0 aliphatic rings. The quantitative estimate of drug-likeness (QED) is 0.528. The SMILES string of the molecule is Cc1nc2c(cnn2-c2ccccc2)c(=O)n1C[C@H](O)COc1ccc(Cl)cc1. The molecule has 1 N–H and O–H groups in total. The molecule has 0 radical (unpaired) electrons. The average molecular weight is 411 g/mol. The van der Waals surface area contributed by atoms with Crippen LogP contribution in [-0.4, -0.2) is 37.1 Å². The number of aliphatic hydroxyl groups is 1. The monoisotopic (exact) mass is 410 g/mol. The summed E-state index contributed by atoms with van der Waals surface area (Å²) < 4.78 is 8.64. The summed E-state index contributed by atoms with van der Waals surface area (Å²) >= 11 is 5.85. The number of hydrogen-bond acceptors (Lipinski definition) is 5. The van der Waals surface area contributed by atoms with Gasteiger partial charge in [0, 0.05) is 5.02 Å². The number of aryl methyl sites for hydroxylation is 1. The molecule has 0 saturated heterocycles. The van der Waals surface area contributed by atoms with Crippen LogP contribution in [0.5, 0.6) is 5.75 Å². The summed E-state index contributed by atoms with van der Waals surface area (Å²) in [7, 11) is 0. The predicted octanol–water partition coefficient (Wildman–Crippen LogP) is 2.98. The van der Waals surface area contributed by atoms with Crippen molar-refractivity contribution in [2.75, 3.05) is 6.61 Å². The topological polar surface area (TPSA) is 82.2 Å². The second kappa shape index (κ2) is 8.06. The molecule has 1 atom stereocenters. The zero-order chi connectivity index (χ0) is 20.4. The van der Waals surface area contributed by atoms with Crippen LogP contribution in [0.4, 0.5) is 0 Å². The standard InChI is InChI=1S/C21H19ClN4O3/c1-14-24-20-19(11-23-26(20)16-5-3-2-4-6-16)21(28)25(14)12-17(27)13-29-18-9-7-15(22)8-10-18/h2-11,17,27H,12-13H2,1H3/t17-/m0/s1. The minimum absolute atomic E-state index is 0.0365. The third-order valence-corrected chi connectivity index (χ3v) is 4.78. The Balaban J connectivity index is 1.56. The van der Waals surface area contributed by atoms with Gasteiger partial charge < -0.3 is 9.84 Å². The number of para-hydroxylation sites is 1. The van der Waals surface area contributed by atoms with Crippen LogP contribution in [0.15, 0.2) is 65.6 Å². The number of ether oxygens (including phenoxy) is 1. The van der Waals surface area contributed by atoms with E-state index in [2.05, 4.69) is 10.1 Å². The molecule has 0 fully saturated rings. The van der Waals surface area contributed by atoms with E-state index in [1.807, 2.05) is 30.3 Å². The predicted molar refractivity (Wildman–Crippen MR) is 111 cm³/mol. The normalized spacial score (nSPS) is 12.2. The lowest BCUT2D eigenvalue weighted by atomic mass is 10.3. The number of hydrogen-bond donors (Lipinski definition) is 1. The van der Waals surface area contributed by atoms with Crippen LogP contribution in [0.1, 0.15) is 5.82 Å². The molecule has 0 saturated carbocycles. The summed E-state index contributed by atoms with van der Waals surface area (Å²) in [5.41, 5.74) is 1.06. The highest BCUT2D eigenvalue weighted by Gasteiger charge is 2.16. The van der Waals surface area contributed by atoms with E-state index in [0.717, 1.165) is 5.69 Å². The fourth-order valence-corrected chi connectivity index (χ4v) is 3.19. The number of nitrogens with zero attached hydrogens (tertiary/aromatic N) is 4. The molecule has 2 aromatic carbocycles. The van der Waals surface area contributed by atoms with Crippen molar-refractivity contribution < 1.29 is 9.84 Å². The van der Waals surface area contributed by atoms with Crippen LogP contribution < -0.4 is 10.3 Å². The molecular formula is C21H19ClN4O3. The Morgan fingerprint density at radius 3 is 2.59 bits per heavy atom. The minimum Gasteiger partial charge on any atom is -0.491 e. The van der Waals surface area contributed by atoms with Gasteiger partial charge in [-0.05, 0) is 43.3 Å². The van der Waals surface area contributed by atoms with Crippen LogP contribution in [0.3, 0.4) is 0 Å². The van der Waals surface area contributed by atoms with Crippen molar-refractivity contribution in [1.82, 2.24) is 19.3 Å². The highest BCUT2D eigenvalue weighted by atomic mass is 35.5. The fraction of sp³-hybridized carbons (Fsp3) is 0.190. The first-order valence-corrected chi connectivity index (χ1v) is 9.48. The van der Waals surface area contributed by atoms with Gasteiger partial charge in [-0.15, -0.1) is 0 Å². The Morgan fingerprint density at radius 2 is 1.86 bits per heavy atom. The third kappa shape index (κ3) is 4.01. The fourth-order valence-electron chi connectivity index (χ4n) is 3.07. The van der Waals surface area contributed by atoms with Gasteiger partial charge in [-0.3, -0.25) is 9.36 Å². The van der Waals surface area contributed by atoms with E-state index < -0.39 is 6.10 Å². The summed E-state index contributed by atoms with van der Waals surface area (Å²) in [6.07, 6.45) is 0.620. The summed E-state index contributed by atoms with van der Waals surface area (Å²) in [6.45, 7) is 1.84. The second-order valence-electron chi connectivity index (χ2n) is 6.62. The number of fused-ring (bicyclic) bond motifs is 1. The van der Waals surface area contributed by atoms with Crippen molar-refractivity contribution >= 4 is 22.6 Å². The van der Waals surface area contributed by atoms with Gasteiger partial charge in [-0.25, -0.2) is 9.67 Å². The summed E-state index contributed by atoms with van der Waals surface area (Å²) in [4.78, 5) is 17.5. The molecule has 2 aromatic heterocycles. The van der Waals surface area contributed by atoms with Crippen LogP contribution in [0, 0.1) is 6.92 Å². The maximum absolute atomic E-state index is 12.9. The first-order chi connectivity index (χ1) is 14.0. The maximum atomic E-state index is 12.9. The Morgan fingerprint density at radius 1 is 1.14 bits per heavy atom. The van der Waals surface area contributed by atoms with Crippen molar-refractivity contribution in [3.63, 3.8) is 0 Å². The second-order valence-corrected chi connectivity index (χ2v) is 7.06. The van der Waals surface area contributed by atoms with E-state index in [4.69, 9.17) is 16.3 Å². The molecule has 0 spiro atoms. The first kappa shape index (κ1) is 19.2. The summed E-state index contributed by atoms with van der Waals surface area (Å²) in [6, 6.07) is 16.4. The molecule has 4 rings (SSSR count). The Labute approximate surface area is 171 Å². The lowest BCUT2D eigenvalue weighted by Gasteiger charge is -2.16. The van der Waals surface area contributed by atoms with Gasteiger partial charge in [0.2, 0.25) is 0 Å². The average Bonchev–Trinajstić information content (AvgIpc) is 3.15. The number of aromatic nitrogens is 4. The molecular weight excluding hydrogens is 392 g/mol. The molecule has 2 heterocycles. The molecule has 0 aliphatic carbocycles. The van der Waals surface area contributed by atoms with Crippen molar-refractivity contribution in [1.29, 1.82) is 0 Å². The van der Waals surface area contributed by atoms with Crippen LogP contribution in [-0.2, 0) is 6.54 Å². The number of halogens is 1. The van der Waals surface area contributed by atoms with Gasteiger partial charge in [0.1, 0.15) is 29.7 Å². The van der Waals surface area contributed by atoms with Gasteiger partial charge in [0.15, 0.2) is 5.65 Å². The first-order valence-electron chi connectivity index (χ1n) is 9.10. The van der Waals surface area contributed by atoms with E-state index in [-0.39, 0.29) is 18.7 Å². The van der Waals surface area contributed by atoms with Gasteiger partial charge in [-0.2, -0.15) is 5.10 Å². The van der Waals surface area contributed by atoms with Crippen molar-refractivity contribution in [2.45, 2.75) is 19.6 Å². The van der Waals surface area contributed by atoms with Crippen LogP contribution in [0.25, 0.3) is 16.7 Å². The Hall–Kier alpha value is -3.16. The summed E-state index contributed by atoms with van der Waals surface area (Å²) in [5.74, 6) is 1.08. The van der Waals surface area contributed by atoms with E-state index in [0.29, 0.717) is 27.6 Å². The zero-order valence-corrected chi connectivity index (χ0v) is 16.5. The Kier molecular flexibility index (Phi) is 5.33. The molecule has 4 aromatic rings. The number of rotatable bonds is 6. The van der Waals surface area contributed by atoms with Gasteiger partial charge in [0.25, 0.3) is 5.56 Å². The van der Waals surface area contributed by atoms with E-state index in [1.165, 1.54) is 10.8 Å². The number of benzene rings is 2. The van der Waals surface area contributed by atoms with Gasteiger partial charge >= 0.3 is 0 Å². The molecule has 29 heavy (non-hydrogen) atoms. The van der Waals surface area contributed by atoms with Gasteiger partial charge in [-0.1, -0.05) is 29.8 Å². The zero-order valence-electron chi connectivity index (χ0n) is 15.7. The third-order valence-electron chi connectivity index (χ3n) is 4.53. The number of aliphatic hydroxyl groups excluding tert-OH is 1. The largest absolute Gasteiger partial charge is 0.491 e. The molecule has 0 aliphatic heterocycles. The lowest BCUT2D eigenvalue weighted by molar-refractivity contribution is 0.0909. The van der Waals surface area contributed by atoms with Gasteiger partial charge in [0.05, 0.1) is 18.4 Å². The molecule has 148 valence electrons. The molecule has 0 amide bonds.